The Morgan fingerprint density at radius 3 is 2.80 bits per heavy atom. The Bertz CT molecular complexity index is 834. The Morgan fingerprint density at radius 1 is 1.04 bits per heavy atom. The molecule has 1 atom stereocenters. The zero-order valence-electron chi connectivity index (χ0n) is 14.0. The van der Waals surface area contributed by atoms with E-state index in [1.54, 1.807) is 6.20 Å². The van der Waals surface area contributed by atoms with Crippen LogP contribution in [0.5, 0.6) is 0 Å². The molecule has 1 saturated heterocycles. The molecule has 0 aliphatic carbocycles. The van der Waals surface area contributed by atoms with Crippen molar-refractivity contribution in [2.75, 3.05) is 23.8 Å². The van der Waals surface area contributed by atoms with Crippen molar-refractivity contribution in [1.82, 2.24) is 15.0 Å². The Labute approximate surface area is 146 Å². The van der Waals surface area contributed by atoms with Gasteiger partial charge in [-0.2, -0.15) is 4.98 Å². The minimum atomic E-state index is 0.263. The molecule has 2 N–H and O–H groups in total. The number of rotatable bonds is 6. The van der Waals surface area contributed by atoms with Gasteiger partial charge in [0.15, 0.2) is 0 Å². The highest BCUT2D eigenvalue weighted by atomic mass is 16.5. The monoisotopic (exact) mass is 335 g/mol. The van der Waals surface area contributed by atoms with E-state index in [2.05, 4.69) is 25.6 Å². The maximum atomic E-state index is 5.69. The normalized spacial score (nSPS) is 16.9. The number of aromatic nitrogens is 3. The highest BCUT2D eigenvalue weighted by molar-refractivity contribution is 5.90. The van der Waals surface area contributed by atoms with Crippen LogP contribution in [0.1, 0.15) is 18.5 Å². The summed E-state index contributed by atoms with van der Waals surface area (Å²) in [5, 5.41) is 7.72. The van der Waals surface area contributed by atoms with Gasteiger partial charge in [0.05, 0.1) is 23.9 Å². The van der Waals surface area contributed by atoms with E-state index in [4.69, 9.17) is 4.74 Å². The second-order valence-corrected chi connectivity index (χ2v) is 6.10. The number of nitrogens with zero attached hydrogens (tertiary/aromatic N) is 3. The highest BCUT2D eigenvalue weighted by Gasteiger charge is 2.16. The van der Waals surface area contributed by atoms with Crippen molar-refractivity contribution < 1.29 is 4.74 Å². The molecule has 1 fully saturated rings. The maximum absolute atomic E-state index is 5.69. The molecule has 1 aromatic carbocycles. The summed E-state index contributed by atoms with van der Waals surface area (Å²) in [5.41, 5.74) is 1.86. The first-order chi connectivity index (χ1) is 12.4. The van der Waals surface area contributed by atoms with Gasteiger partial charge in [-0.25, -0.2) is 4.98 Å². The van der Waals surface area contributed by atoms with E-state index in [1.165, 1.54) is 0 Å². The molecule has 3 aromatic rings. The maximum Gasteiger partial charge on any atom is 0.225 e. The molecule has 0 unspecified atom stereocenters. The summed E-state index contributed by atoms with van der Waals surface area (Å²) >= 11 is 0. The number of anilines is 2. The fraction of sp³-hybridized carbons (Fsp3) is 0.316. The summed E-state index contributed by atoms with van der Waals surface area (Å²) < 4.78 is 5.69. The van der Waals surface area contributed by atoms with Crippen LogP contribution in [-0.2, 0) is 11.3 Å². The van der Waals surface area contributed by atoms with Crippen molar-refractivity contribution in [3.05, 3.63) is 54.4 Å². The molecule has 25 heavy (non-hydrogen) atoms. The van der Waals surface area contributed by atoms with Crippen LogP contribution in [0.3, 0.4) is 0 Å². The van der Waals surface area contributed by atoms with Gasteiger partial charge in [0.25, 0.3) is 0 Å². The van der Waals surface area contributed by atoms with Crippen LogP contribution in [0.4, 0.5) is 11.8 Å². The van der Waals surface area contributed by atoms with Crippen LogP contribution in [0.15, 0.2) is 48.7 Å². The molecule has 4 rings (SSSR count). The number of hydrogen-bond donors (Lipinski definition) is 2. The number of nitrogens with one attached hydrogen (secondary N) is 2. The third-order valence-electron chi connectivity index (χ3n) is 4.28. The van der Waals surface area contributed by atoms with E-state index < -0.39 is 0 Å². The fourth-order valence-corrected chi connectivity index (χ4v) is 2.98. The summed E-state index contributed by atoms with van der Waals surface area (Å²) in [7, 11) is 0. The molecule has 0 amide bonds. The van der Waals surface area contributed by atoms with Gasteiger partial charge in [0.2, 0.25) is 5.95 Å². The first kappa shape index (κ1) is 15.8. The van der Waals surface area contributed by atoms with Crippen LogP contribution in [-0.4, -0.2) is 34.2 Å². The fourth-order valence-electron chi connectivity index (χ4n) is 2.98. The average molecular weight is 335 g/mol. The third-order valence-corrected chi connectivity index (χ3v) is 4.28. The van der Waals surface area contributed by atoms with Crippen LogP contribution < -0.4 is 10.6 Å². The lowest BCUT2D eigenvalue weighted by Gasteiger charge is -2.14. The lowest BCUT2D eigenvalue weighted by atomic mass is 10.2. The van der Waals surface area contributed by atoms with Gasteiger partial charge >= 0.3 is 0 Å². The molecular weight excluding hydrogens is 314 g/mol. The quantitative estimate of drug-likeness (QED) is 0.721. The predicted molar refractivity (Wildman–Crippen MR) is 98.6 cm³/mol. The summed E-state index contributed by atoms with van der Waals surface area (Å²) in [6.45, 7) is 2.21. The molecule has 0 bridgehead atoms. The van der Waals surface area contributed by atoms with Crippen molar-refractivity contribution in [1.29, 1.82) is 0 Å². The second kappa shape index (κ2) is 7.44. The summed E-state index contributed by atoms with van der Waals surface area (Å²) in [5.74, 6) is 1.43. The van der Waals surface area contributed by atoms with E-state index in [0.717, 1.165) is 48.4 Å². The standard InChI is InChI=1S/C19H21N5O/c1-2-9-17-16(8-1)18(21-13-15-7-5-11-25-15)24-19(23-17)22-12-14-6-3-4-10-20-14/h1-4,6,8-10,15H,5,7,11-13H2,(H2,21,22,23,24)/t15-/m1/s1. The first-order valence-electron chi connectivity index (χ1n) is 8.64. The first-order valence-corrected chi connectivity index (χ1v) is 8.64. The largest absolute Gasteiger partial charge is 0.376 e. The van der Waals surface area contributed by atoms with E-state index >= 15 is 0 Å². The molecule has 0 radical (unpaired) electrons. The topological polar surface area (TPSA) is 72.0 Å². The van der Waals surface area contributed by atoms with Crippen molar-refractivity contribution in [3.63, 3.8) is 0 Å². The van der Waals surface area contributed by atoms with Crippen LogP contribution in [0.2, 0.25) is 0 Å². The van der Waals surface area contributed by atoms with Crippen LogP contribution in [0, 0.1) is 0 Å². The van der Waals surface area contributed by atoms with Gasteiger partial charge < -0.3 is 15.4 Å². The molecule has 0 spiro atoms. The Kier molecular flexibility index (Phi) is 4.70. The summed E-state index contributed by atoms with van der Waals surface area (Å²) in [6, 6.07) is 13.9. The van der Waals surface area contributed by atoms with E-state index in [-0.39, 0.29) is 6.10 Å². The van der Waals surface area contributed by atoms with Crippen molar-refractivity contribution in [2.45, 2.75) is 25.5 Å². The van der Waals surface area contributed by atoms with E-state index in [9.17, 15) is 0 Å². The lowest BCUT2D eigenvalue weighted by molar-refractivity contribution is 0.120. The van der Waals surface area contributed by atoms with Crippen molar-refractivity contribution >= 4 is 22.7 Å². The molecular formula is C19H21N5O. The molecule has 2 aromatic heterocycles. The number of pyridine rings is 1. The Hall–Kier alpha value is -2.73. The molecule has 1 aliphatic rings. The van der Waals surface area contributed by atoms with Gasteiger partial charge in [-0.3, -0.25) is 4.98 Å². The number of para-hydroxylation sites is 1. The lowest BCUT2D eigenvalue weighted by Crippen LogP contribution is -2.19. The van der Waals surface area contributed by atoms with Crippen LogP contribution >= 0.6 is 0 Å². The van der Waals surface area contributed by atoms with Gasteiger partial charge in [-0.15, -0.1) is 0 Å². The SMILES string of the molecule is c1ccc(CNc2nc(NC[C@H]3CCCO3)c3ccccc3n2)nc1. The molecule has 0 saturated carbocycles. The van der Waals surface area contributed by atoms with E-state index in [0.29, 0.717) is 12.5 Å². The molecule has 128 valence electrons. The minimum Gasteiger partial charge on any atom is -0.376 e. The molecule has 3 heterocycles. The Balaban J connectivity index is 1.54. The molecule has 6 nitrogen and oxygen atoms in total. The number of fused-ring (bicyclic) bond motifs is 1. The van der Waals surface area contributed by atoms with Gasteiger partial charge in [0.1, 0.15) is 5.82 Å². The predicted octanol–water partition coefficient (Wildman–Crippen LogP) is 3.23. The second-order valence-electron chi connectivity index (χ2n) is 6.10. The van der Waals surface area contributed by atoms with Gasteiger partial charge in [-0.05, 0) is 37.1 Å². The van der Waals surface area contributed by atoms with Gasteiger partial charge in [-0.1, -0.05) is 18.2 Å². The zero-order chi connectivity index (χ0) is 16.9. The number of hydrogen-bond acceptors (Lipinski definition) is 6. The van der Waals surface area contributed by atoms with Crippen molar-refractivity contribution in [2.24, 2.45) is 0 Å². The van der Waals surface area contributed by atoms with Crippen LogP contribution in [0.25, 0.3) is 10.9 Å². The Morgan fingerprint density at radius 2 is 1.96 bits per heavy atom. The van der Waals surface area contributed by atoms with E-state index in [1.807, 2.05) is 42.5 Å². The minimum absolute atomic E-state index is 0.263. The number of ether oxygens (including phenoxy) is 1. The smallest absolute Gasteiger partial charge is 0.225 e. The summed E-state index contributed by atoms with van der Waals surface area (Å²) in [4.78, 5) is 13.6. The number of benzene rings is 1. The third kappa shape index (κ3) is 3.85. The average Bonchev–Trinajstić information content (AvgIpc) is 3.19. The summed E-state index contributed by atoms with van der Waals surface area (Å²) in [6.07, 6.45) is 4.28. The van der Waals surface area contributed by atoms with Gasteiger partial charge in [0, 0.05) is 24.7 Å². The highest BCUT2D eigenvalue weighted by Crippen LogP contribution is 2.23. The van der Waals surface area contributed by atoms with Crippen molar-refractivity contribution in [3.8, 4) is 0 Å². The molecule has 1 aliphatic heterocycles. The zero-order valence-corrected chi connectivity index (χ0v) is 14.0. The molecule has 6 heteroatoms.